The highest BCUT2D eigenvalue weighted by Gasteiger charge is 2.03. The van der Waals surface area contributed by atoms with Crippen LogP contribution in [0.5, 0.6) is 0 Å². The summed E-state index contributed by atoms with van der Waals surface area (Å²) in [4.78, 5) is 8.92. The summed E-state index contributed by atoms with van der Waals surface area (Å²) in [5.41, 5.74) is 6.84. The highest BCUT2D eigenvalue weighted by Crippen LogP contribution is 2.09. The van der Waals surface area contributed by atoms with Gasteiger partial charge in [0.05, 0.1) is 22.9 Å². The number of benzene rings is 2. The van der Waals surface area contributed by atoms with Gasteiger partial charge < -0.3 is 5.32 Å². The van der Waals surface area contributed by atoms with Gasteiger partial charge in [0.25, 0.3) is 0 Å². The van der Waals surface area contributed by atoms with E-state index in [-0.39, 0.29) is 0 Å². The molecule has 0 fully saturated rings. The highest BCUT2D eigenvalue weighted by atomic mass is 32.1. The van der Waals surface area contributed by atoms with Crippen LogP contribution in [0.25, 0.3) is 11.0 Å². The van der Waals surface area contributed by atoms with Crippen LogP contribution in [0.4, 0.5) is 5.69 Å². The van der Waals surface area contributed by atoms with E-state index in [1.807, 2.05) is 61.5 Å². The van der Waals surface area contributed by atoms with Crippen LogP contribution in [-0.2, 0) is 0 Å². The van der Waals surface area contributed by atoms with Gasteiger partial charge in [0.15, 0.2) is 5.11 Å². The summed E-state index contributed by atoms with van der Waals surface area (Å²) in [5, 5.41) is 7.73. The molecule has 5 nitrogen and oxygen atoms in total. The van der Waals surface area contributed by atoms with E-state index in [2.05, 4.69) is 25.8 Å². The van der Waals surface area contributed by atoms with Crippen molar-refractivity contribution in [3.05, 3.63) is 66.5 Å². The van der Waals surface area contributed by atoms with Crippen molar-refractivity contribution in [3.63, 3.8) is 0 Å². The highest BCUT2D eigenvalue weighted by molar-refractivity contribution is 7.80. The minimum atomic E-state index is 0.421. The first-order chi connectivity index (χ1) is 11.2. The first-order valence-electron chi connectivity index (χ1n) is 7.11. The van der Waals surface area contributed by atoms with E-state index >= 15 is 0 Å². The standard InChI is InChI=1S/C17H15N5S/c1-12(16-11-18-14-9-5-6-10-15(14)20-16)21-22-17(23)19-13-7-3-2-4-8-13/h2-11H,1H3,(H2,19,22,23)/b21-12-. The third-order valence-electron chi connectivity index (χ3n) is 3.18. The minimum absolute atomic E-state index is 0.421. The summed E-state index contributed by atoms with van der Waals surface area (Å²) >= 11 is 5.22. The normalized spacial score (nSPS) is 11.3. The van der Waals surface area contributed by atoms with Crippen LogP contribution in [0, 0.1) is 0 Å². The summed E-state index contributed by atoms with van der Waals surface area (Å²) in [7, 11) is 0. The minimum Gasteiger partial charge on any atom is -0.331 e. The van der Waals surface area contributed by atoms with Gasteiger partial charge in [-0.2, -0.15) is 5.10 Å². The average Bonchev–Trinajstić information content (AvgIpc) is 2.60. The lowest BCUT2D eigenvalue weighted by Crippen LogP contribution is -2.25. The van der Waals surface area contributed by atoms with E-state index in [4.69, 9.17) is 12.2 Å². The first-order valence-corrected chi connectivity index (χ1v) is 7.52. The summed E-state index contributed by atoms with van der Waals surface area (Å²) in [6, 6.07) is 17.4. The van der Waals surface area contributed by atoms with E-state index in [9.17, 15) is 0 Å². The number of nitrogens with zero attached hydrogens (tertiary/aromatic N) is 3. The molecular formula is C17H15N5S. The summed E-state index contributed by atoms with van der Waals surface area (Å²) in [5.74, 6) is 0. The number of hydrazone groups is 1. The van der Waals surface area contributed by atoms with Crippen LogP contribution in [0.15, 0.2) is 65.9 Å². The Morgan fingerprint density at radius 2 is 1.70 bits per heavy atom. The zero-order valence-electron chi connectivity index (χ0n) is 12.5. The molecule has 0 saturated heterocycles. The predicted octanol–water partition coefficient (Wildman–Crippen LogP) is 3.34. The number of para-hydroxylation sites is 3. The van der Waals surface area contributed by atoms with Crippen molar-refractivity contribution < 1.29 is 0 Å². The first kappa shape index (κ1) is 15.1. The summed E-state index contributed by atoms with van der Waals surface area (Å²) in [6.07, 6.45) is 1.70. The van der Waals surface area contributed by atoms with Crippen LogP contribution in [0.2, 0.25) is 0 Å². The molecule has 0 saturated carbocycles. The maximum atomic E-state index is 5.22. The number of hydrogen-bond donors (Lipinski definition) is 2. The van der Waals surface area contributed by atoms with Gasteiger partial charge in [0.2, 0.25) is 0 Å². The summed E-state index contributed by atoms with van der Waals surface area (Å²) in [6.45, 7) is 1.86. The molecule has 0 amide bonds. The molecule has 114 valence electrons. The maximum Gasteiger partial charge on any atom is 0.191 e. The molecule has 23 heavy (non-hydrogen) atoms. The van der Waals surface area contributed by atoms with Crippen molar-refractivity contribution in [1.82, 2.24) is 15.4 Å². The van der Waals surface area contributed by atoms with Gasteiger partial charge in [-0.3, -0.25) is 10.4 Å². The van der Waals surface area contributed by atoms with E-state index in [1.165, 1.54) is 0 Å². The molecule has 3 rings (SSSR count). The zero-order chi connectivity index (χ0) is 16.1. The SMILES string of the molecule is C/C(=N/NC(=S)Nc1ccccc1)c1cnc2ccccc2n1. The molecule has 1 aromatic heterocycles. The largest absolute Gasteiger partial charge is 0.331 e. The number of thiocarbonyl (C=S) groups is 1. The maximum absolute atomic E-state index is 5.22. The second-order valence-corrected chi connectivity index (χ2v) is 5.28. The molecular weight excluding hydrogens is 306 g/mol. The van der Waals surface area contributed by atoms with Gasteiger partial charge in [-0.05, 0) is 43.4 Å². The molecule has 0 aliphatic rings. The molecule has 0 radical (unpaired) electrons. The number of aromatic nitrogens is 2. The second kappa shape index (κ2) is 6.93. The van der Waals surface area contributed by atoms with Gasteiger partial charge in [0.1, 0.15) is 5.69 Å². The number of hydrogen-bond acceptors (Lipinski definition) is 4. The van der Waals surface area contributed by atoms with Gasteiger partial charge in [-0.25, -0.2) is 4.98 Å². The molecule has 0 aliphatic heterocycles. The van der Waals surface area contributed by atoms with Crippen LogP contribution in [0.3, 0.4) is 0 Å². The Bertz CT molecular complexity index is 861. The third kappa shape index (κ3) is 3.87. The number of anilines is 1. The number of nitrogens with one attached hydrogen (secondary N) is 2. The molecule has 0 bridgehead atoms. The Labute approximate surface area is 139 Å². The topological polar surface area (TPSA) is 62.2 Å². The number of fused-ring (bicyclic) bond motifs is 1. The Morgan fingerprint density at radius 1 is 1.00 bits per heavy atom. The van der Waals surface area contributed by atoms with E-state index in [0.717, 1.165) is 16.7 Å². The molecule has 0 aliphatic carbocycles. The molecule has 0 unspecified atom stereocenters. The summed E-state index contributed by atoms with van der Waals surface area (Å²) < 4.78 is 0. The van der Waals surface area contributed by atoms with Crippen molar-refractivity contribution in [2.45, 2.75) is 6.92 Å². The predicted molar refractivity (Wildman–Crippen MR) is 97.5 cm³/mol. The molecule has 6 heteroatoms. The van der Waals surface area contributed by atoms with Crippen molar-refractivity contribution in [2.24, 2.45) is 5.10 Å². The zero-order valence-corrected chi connectivity index (χ0v) is 13.3. The fourth-order valence-electron chi connectivity index (χ4n) is 2.00. The second-order valence-electron chi connectivity index (χ2n) is 4.87. The van der Waals surface area contributed by atoms with Crippen LogP contribution >= 0.6 is 12.2 Å². The lowest BCUT2D eigenvalue weighted by molar-refractivity contribution is 1.03. The molecule has 3 aromatic rings. The van der Waals surface area contributed by atoms with Crippen molar-refractivity contribution >= 4 is 39.8 Å². The Kier molecular flexibility index (Phi) is 4.54. The smallest absolute Gasteiger partial charge is 0.191 e. The van der Waals surface area contributed by atoms with Crippen molar-refractivity contribution in [2.75, 3.05) is 5.32 Å². The van der Waals surface area contributed by atoms with E-state index in [0.29, 0.717) is 16.5 Å². The van der Waals surface area contributed by atoms with Crippen LogP contribution in [-0.4, -0.2) is 20.8 Å². The Balaban J connectivity index is 1.69. The van der Waals surface area contributed by atoms with Gasteiger partial charge in [-0.1, -0.05) is 30.3 Å². The lowest BCUT2D eigenvalue weighted by atomic mass is 10.2. The van der Waals surface area contributed by atoms with Crippen LogP contribution < -0.4 is 10.7 Å². The molecule has 2 N–H and O–H groups in total. The monoisotopic (exact) mass is 321 g/mol. The quantitative estimate of drug-likeness (QED) is 0.440. The lowest BCUT2D eigenvalue weighted by Gasteiger charge is -2.07. The van der Waals surface area contributed by atoms with Crippen molar-refractivity contribution in [3.8, 4) is 0 Å². The fourth-order valence-corrected chi connectivity index (χ4v) is 2.17. The third-order valence-corrected chi connectivity index (χ3v) is 3.37. The van der Waals surface area contributed by atoms with E-state index in [1.54, 1.807) is 6.20 Å². The van der Waals surface area contributed by atoms with Gasteiger partial charge in [-0.15, -0.1) is 0 Å². The molecule has 0 atom stereocenters. The van der Waals surface area contributed by atoms with Crippen molar-refractivity contribution in [1.29, 1.82) is 0 Å². The molecule has 1 heterocycles. The van der Waals surface area contributed by atoms with E-state index < -0.39 is 0 Å². The fraction of sp³-hybridized carbons (Fsp3) is 0.0588. The van der Waals surface area contributed by atoms with Crippen LogP contribution in [0.1, 0.15) is 12.6 Å². The molecule has 2 aromatic carbocycles. The molecule has 0 spiro atoms. The Morgan fingerprint density at radius 3 is 2.48 bits per heavy atom. The average molecular weight is 321 g/mol. The van der Waals surface area contributed by atoms with Gasteiger partial charge >= 0.3 is 0 Å². The number of rotatable bonds is 3. The Hall–Kier alpha value is -2.86. The van der Waals surface area contributed by atoms with Gasteiger partial charge in [0, 0.05) is 5.69 Å².